The summed E-state index contributed by atoms with van der Waals surface area (Å²) in [7, 11) is 0. The van der Waals surface area contributed by atoms with Crippen LogP contribution in [0.1, 0.15) is 44.0 Å². The summed E-state index contributed by atoms with van der Waals surface area (Å²) in [4.78, 5) is 28.9. The molecule has 3 rings (SSSR count). The molecule has 0 saturated carbocycles. The minimum absolute atomic E-state index is 0.0162. The molecule has 5 heteroatoms. The Bertz CT molecular complexity index is 767. The predicted octanol–water partition coefficient (Wildman–Crippen LogP) is 3.21. The first-order valence-corrected chi connectivity index (χ1v) is 10.1. The highest BCUT2D eigenvalue weighted by Crippen LogP contribution is 2.35. The fourth-order valence-electron chi connectivity index (χ4n) is 3.85. The van der Waals surface area contributed by atoms with Crippen LogP contribution in [0.15, 0.2) is 53.8 Å². The minimum Gasteiger partial charge on any atom is -0.371 e. The van der Waals surface area contributed by atoms with Crippen molar-refractivity contribution in [1.29, 1.82) is 0 Å². The number of nitrogens with zero attached hydrogens (tertiary/aromatic N) is 2. The van der Waals surface area contributed by atoms with Crippen LogP contribution in [0.3, 0.4) is 0 Å². The molecule has 2 aliphatic rings. The van der Waals surface area contributed by atoms with Crippen molar-refractivity contribution in [2.24, 2.45) is 5.41 Å². The first-order chi connectivity index (χ1) is 13.4. The number of benzene rings is 1. The van der Waals surface area contributed by atoms with Crippen LogP contribution >= 0.6 is 0 Å². The van der Waals surface area contributed by atoms with E-state index in [1.54, 1.807) is 12.1 Å². The zero-order valence-electron chi connectivity index (χ0n) is 17.2. The van der Waals surface area contributed by atoms with Gasteiger partial charge in [0.05, 0.1) is 6.54 Å². The molecule has 1 N–H and O–H groups in total. The molecule has 5 nitrogen and oxygen atoms in total. The standard InChI is InChI=1S/C23H31N3O2/c1-23(2,3)19-11-7-8-12-20(19)25-13-15-26(16-14-25)21(27)17-24-22(28)18-9-5-4-6-10-18/h4-7,9-11H,8,12-17H2,1-3H3,(H,24,28). The molecule has 0 unspecified atom stereocenters. The molecule has 1 saturated heterocycles. The maximum atomic E-state index is 12.5. The molecule has 1 fully saturated rings. The molecule has 1 aromatic rings. The first kappa shape index (κ1) is 20.2. The summed E-state index contributed by atoms with van der Waals surface area (Å²) < 4.78 is 0. The van der Waals surface area contributed by atoms with E-state index in [0.29, 0.717) is 18.7 Å². The van der Waals surface area contributed by atoms with Gasteiger partial charge in [-0.15, -0.1) is 0 Å². The number of hydrogen-bond donors (Lipinski definition) is 1. The fourth-order valence-corrected chi connectivity index (χ4v) is 3.85. The Morgan fingerprint density at radius 3 is 2.36 bits per heavy atom. The quantitative estimate of drug-likeness (QED) is 0.871. The number of hydrogen-bond acceptors (Lipinski definition) is 3. The van der Waals surface area contributed by atoms with Crippen molar-refractivity contribution in [3.05, 3.63) is 59.3 Å². The highest BCUT2D eigenvalue weighted by molar-refractivity contribution is 5.96. The van der Waals surface area contributed by atoms with E-state index >= 15 is 0 Å². The SMILES string of the molecule is CC(C)(C)C1=C(N2CCN(C(=O)CNC(=O)c3ccccc3)CC2)CCC=C1. The van der Waals surface area contributed by atoms with Gasteiger partial charge >= 0.3 is 0 Å². The summed E-state index contributed by atoms with van der Waals surface area (Å²) >= 11 is 0. The summed E-state index contributed by atoms with van der Waals surface area (Å²) in [6.45, 7) is 9.91. The Kier molecular flexibility index (Phi) is 6.22. The zero-order valence-corrected chi connectivity index (χ0v) is 17.2. The molecule has 28 heavy (non-hydrogen) atoms. The Labute approximate surface area is 168 Å². The smallest absolute Gasteiger partial charge is 0.251 e. The third-order valence-corrected chi connectivity index (χ3v) is 5.40. The molecular formula is C23H31N3O2. The third-order valence-electron chi connectivity index (χ3n) is 5.40. The van der Waals surface area contributed by atoms with Crippen LogP contribution in [-0.2, 0) is 4.79 Å². The summed E-state index contributed by atoms with van der Waals surface area (Å²) in [6, 6.07) is 8.99. The van der Waals surface area contributed by atoms with Gasteiger partial charge in [-0.2, -0.15) is 0 Å². The Hall–Kier alpha value is -2.56. The fraction of sp³-hybridized carbons (Fsp3) is 0.478. The summed E-state index contributed by atoms with van der Waals surface area (Å²) in [5, 5.41) is 2.74. The van der Waals surface area contributed by atoms with Crippen molar-refractivity contribution in [3.8, 4) is 0 Å². The van der Waals surface area contributed by atoms with E-state index in [1.165, 1.54) is 11.3 Å². The van der Waals surface area contributed by atoms with E-state index in [2.05, 4.69) is 43.1 Å². The van der Waals surface area contributed by atoms with Gasteiger partial charge in [-0.25, -0.2) is 0 Å². The van der Waals surface area contributed by atoms with E-state index in [-0.39, 0.29) is 23.8 Å². The van der Waals surface area contributed by atoms with Gasteiger partial charge in [-0.3, -0.25) is 9.59 Å². The van der Waals surface area contributed by atoms with Crippen LogP contribution < -0.4 is 5.32 Å². The van der Waals surface area contributed by atoms with Crippen molar-refractivity contribution in [2.75, 3.05) is 32.7 Å². The maximum Gasteiger partial charge on any atom is 0.251 e. The lowest BCUT2D eigenvalue weighted by Crippen LogP contribution is -2.51. The zero-order chi connectivity index (χ0) is 20.1. The third kappa shape index (κ3) is 4.83. The molecule has 0 radical (unpaired) electrons. The largest absolute Gasteiger partial charge is 0.371 e. The number of carbonyl (C=O) groups excluding carboxylic acids is 2. The number of amides is 2. The molecule has 1 aromatic carbocycles. The van der Waals surface area contributed by atoms with Gasteiger partial charge in [0.2, 0.25) is 5.91 Å². The van der Waals surface area contributed by atoms with E-state index in [1.807, 2.05) is 23.1 Å². The van der Waals surface area contributed by atoms with Gasteiger partial charge in [0.1, 0.15) is 0 Å². The van der Waals surface area contributed by atoms with Crippen LogP contribution in [0.2, 0.25) is 0 Å². The highest BCUT2D eigenvalue weighted by atomic mass is 16.2. The molecule has 1 heterocycles. The van der Waals surface area contributed by atoms with Crippen LogP contribution in [0, 0.1) is 5.41 Å². The second-order valence-corrected chi connectivity index (χ2v) is 8.47. The molecule has 0 bridgehead atoms. The van der Waals surface area contributed by atoms with Gasteiger partial charge < -0.3 is 15.1 Å². The summed E-state index contributed by atoms with van der Waals surface area (Å²) in [6.07, 6.45) is 6.69. The number of rotatable bonds is 4. The van der Waals surface area contributed by atoms with Crippen molar-refractivity contribution >= 4 is 11.8 Å². The maximum absolute atomic E-state index is 12.5. The molecule has 0 atom stereocenters. The molecule has 0 aromatic heterocycles. The normalized spacial score (nSPS) is 17.7. The van der Waals surface area contributed by atoms with Gasteiger partial charge in [0, 0.05) is 37.4 Å². The first-order valence-electron chi connectivity index (χ1n) is 10.1. The number of nitrogens with one attached hydrogen (secondary N) is 1. The monoisotopic (exact) mass is 381 g/mol. The number of carbonyl (C=O) groups is 2. The van der Waals surface area contributed by atoms with Crippen LogP contribution in [0.4, 0.5) is 0 Å². The van der Waals surface area contributed by atoms with Gasteiger partial charge in [0.15, 0.2) is 0 Å². The van der Waals surface area contributed by atoms with Gasteiger partial charge in [-0.05, 0) is 36.0 Å². The molecule has 1 aliphatic carbocycles. The summed E-state index contributed by atoms with van der Waals surface area (Å²) in [5.74, 6) is -0.223. The lowest BCUT2D eigenvalue weighted by Gasteiger charge is -2.40. The van der Waals surface area contributed by atoms with Gasteiger partial charge in [-0.1, -0.05) is 51.1 Å². The van der Waals surface area contributed by atoms with E-state index < -0.39 is 0 Å². The topological polar surface area (TPSA) is 52.6 Å². The van der Waals surface area contributed by atoms with Crippen LogP contribution in [-0.4, -0.2) is 54.3 Å². The highest BCUT2D eigenvalue weighted by Gasteiger charge is 2.27. The molecule has 2 amide bonds. The van der Waals surface area contributed by atoms with Crippen molar-refractivity contribution in [1.82, 2.24) is 15.1 Å². The van der Waals surface area contributed by atoms with Crippen molar-refractivity contribution in [2.45, 2.75) is 33.6 Å². The van der Waals surface area contributed by atoms with Gasteiger partial charge in [0.25, 0.3) is 5.91 Å². The molecular weight excluding hydrogens is 350 g/mol. The Balaban J connectivity index is 1.53. The van der Waals surface area contributed by atoms with Crippen molar-refractivity contribution in [3.63, 3.8) is 0 Å². The summed E-state index contributed by atoms with van der Waals surface area (Å²) in [5.41, 5.74) is 3.54. The van der Waals surface area contributed by atoms with E-state index in [4.69, 9.17) is 0 Å². The average Bonchev–Trinajstić information content (AvgIpc) is 2.72. The van der Waals surface area contributed by atoms with E-state index in [9.17, 15) is 9.59 Å². The van der Waals surface area contributed by atoms with Crippen molar-refractivity contribution < 1.29 is 9.59 Å². The van der Waals surface area contributed by atoms with E-state index in [0.717, 1.165) is 25.9 Å². The molecule has 150 valence electrons. The Morgan fingerprint density at radius 1 is 1.04 bits per heavy atom. The second-order valence-electron chi connectivity index (χ2n) is 8.47. The molecule has 0 spiro atoms. The predicted molar refractivity (Wildman–Crippen MR) is 112 cm³/mol. The minimum atomic E-state index is -0.207. The second kappa shape index (κ2) is 8.63. The molecule has 1 aliphatic heterocycles. The Morgan fingerprint density at radius 2 is 1.71 bits per heavy atom. The number of allylic oxidation sites excluding steroid dienone is 4. The number of piperazine rings is 1. The average molecular weight is 382 g/mol. The lowest BCUT2D eigenvalue weighted by atomic mass is 9.81. The van der Waals surface area contributed by atoms with Crippen LogP contribution in [0.5, 0.6) is 0 Å². The van der Waals surface area contributed by atoms with Crippen LogP contribution in [0.25, 0.3) is 0 Å². The lowest BCUT2D eigenvalue weighted by molar-refractivity contribution is -0.131.